The summed E-state index contributed by atoms with van der Waals surface area (Å²) in [5.74, 6) is -0.392. The summed E-state index contributed by atoms with van der Waals surface area (Å²) in [7, 11) is 0. The number of nitrogens with one attached hydrogen (secondary N) is 2. The minimum atomic E-state index is -4.72. The van der Waals surface area contributed by atoms with Gasteiger partial charge in [0.1, 0.15) is 5.75 Å². The second-order valence-corrected chi connectivity index (χ2v) is 8.06. The molecule has 1 aromatic heterocycles. The van der Waals surface area contributed by atoms with Gasteiger partial charge in [-0.1, -0.05) is 23.1 Å². The number of carbonyl (C=O) groups is 1. The van der Waals surface area contributed by atoms with Crippen LogP contribution in [0.25, 0.3) is 0 Å². The standard InChI is InChI=1S/C15H17F3N4O2S2/c1-8(2)19-12(23)9(3)25-14-22-21-13(26-14)20-10-4-6-11(7-5-10)24-15(16,17)18/h4-9H,1-3H3,(H,19,23)(H,20,21)/t9-/m1/s1. The molecule has 0 saturated heterocycles. The maximum Gasteiger partial charge on any atom is 0.573 e. The molecule has 1 aromatic carbocycles. The molecular formula is C15H17F3N4O2S2. The highest BCUT2D eigenvalue weighted by Crippen LogP contribution is 2.31. The largest absolute Gasteiger partial charge is 0.573 e. The van der Waals surface area contributed by atoms with Crippen LogP contribution in [0.4, 0.5) is 24.0 Å². The molecule has 0 spiro atoms. The number of thioether (sulfide) groups is 1. The maximum atomic E-state index is 12.1. The third kappa shape index (κ3) is 6.71. The van der Waals surface area contributed by atoms with Gasteiger partial charge in [0.05, 0.1) is 5.25 Å². The van der Waals surface area contributed by atoms with Gasteiger partial charge in [-0.05, 0) is 45.0 Å². The lowest BCUT2D eigenvalue weighted by molar-refractivity contribution is -0.274. The van der Waals surface area contributed by atoms with Crippen LogP contribution in [0, 0.1) is 0 Å². The van der Waals surface area contributed by atoms with Crippen molar-refractivity contribution in [3.8, 4) is 5.75 Å². The van der Waals surface area contributed by atoms with E-state index < -0.39 is 6.36 Å². The van der Waals surface area contributed by atoms with Gasteiger partial charge in [0.25, 0.3) is 0 Å². The zero-order valence-electron chi connectivity index (χ0n) is 14.1. The van der Waals surface area contributed by atoms with Crippen LogP contribution in [0.15, 0.2) is 28.6 Å². The highest BCUT2D eigenvalue weighted by molar-refractivity contribution is 8.02. The molecule has 1 atom stereocenters. The zero-order chi connectivity index (χ0) is 19.3. The molecule has 0 aliphatic carbocycles. The third-order valence-corrected chi connectivity index (χ3v) is 4.85. The Labute approximate surface area is 156 Å². The highest BCUT2D eigenvalue weighted by Gasteiger charge is 2.30. The van der Waals surface area contributed by atoms with Crippen molar-refractivity contribution in [3.05, 3.63) is 24.3 Å². The van der Waals surface area contributed by atoms with Gasteiger partial charge in [0, 0.05) is 11.7 Å². The van der Waals surface area contributed by atoms with Crippen LogP contribution in [0.5, 0.6) is 5.75 Å². The van der Waals surface area contributed by atoms with E-state index in [1.807, 2.05) is 13.8 Å². The molecule has 0 unspecified atom stereocenters. The van der Waals surface area contributed by atoms with E-state index in [4.69, 9.17) is 0 Å². The molecule has 0 radical (unpaired) electrons. The topological polar surface area (TPSA) is 76.1 Å². The highest BCUT2D eigenvalue weighted by atomic mass is 32.2. The first-order valence-corrected chi connectivity index (χ1v) is 9.25. The Morgan fingerprint density at radius 3 is 2.42 bits per heavy atom. The molecule has 142 valence electrons. The third-order valence-electron chi connectivity index (χ3n) is 2.82. The first kappa shape index (κ1) is 20.3. The molecule has 26 heavy (non-hydrogen) atoms. The zero-order valence-corrected chi connectivity index (χ0v) is 15.8. The van der Waals surface area contributed by atoms with Gasteiger partial charge < -0.3 is 15.4 Å². The van der Waals surface area contributed by atoms with Gasteiger partial charge in [-0.25, -0.2) is 0 Å². The fourth-order valence-corrected chi connectivity index (χ4v) is 3.70. The van der Waals surface area contributed by atoms with Crippen molar-refractivity contribution in [1.82, 2.24) is 15.5 Å². The number of carbonyl (C=O) groups excluding carboxylic acids is 1. The van der Waals surface area contributed by atoms with Crippen LogP contribution >= 0.6 is 23.1 Å². The summed E-state index contributed by atoms with van der Waals surface area (Å²) in [5, 5.41) is 13.9. The summed E-state index contributed by atoms with van der Waals surface area (Å²) in [6.07, 6.45) is -4.72. The number of amides is 1. The number of hydrogen-bond acceptors (Lipinski definition) is 7. The second kappa shape index (κ2) is 8.58. The first-order valence-electron chi connectivity index (χ1n) is 7.56. The molecule has 0 bridgehead atoms. The van der Waals surface area contributed by atoms with Crippen LogP contribution in [0.2, 0.25) is 0 Å². The van der Waals surface area contributed by atoms with Gasteiger partial charge in [0.2, 0.25) is 11.0 Å². The molecule has 0 fully saturated rings. The molecule has 0 saturated carbocycles. The van der Waals surface area contributed by atoms with E-state index in [2.05, 4.69) is 25.6 Å². The molecule has 11 heteroatoms. The van der Waals surface area contributed by atoms with Crippen molar-refractivity contribution < 1.29 is 22.7 Å². The summed E-state index contributed by atoms with van der Waals surface area (Å²) < 4.78 is 40.8. The Morgan fingerprint density at radius 1 is 1.19 bits per heavy atom. The van der Waals surface area contributed by atoms with Gasteiger partial charge in [0.15, 0.2) is 4.34 Å². The molecule has 2 N–H and O–H groups in total. The Hall–Kier alpha value is -2.01. The minimum Gasteiger partial charge on any atom is -0.406 e. The number of nitrogens with zero attached hydrogens (tertiary/aromatic N) is 2. The lowest BCUT2D eigenvalue weighted by Crippen LogP contribution is -2.35. The Balaban J connectivity index is 1.92. The van der Waals surface area contributed by atoms with Crippen LogP contribution in [-0.2, 0) is 4.79 Å². The van der Waals surface area contributed by atoms with E-state index in [1.54, 1.807) is 6.92 Å². The number of anilines is 2. The van der Waals surface area contributed by atoms with Gasteiger partial charge >= 0.3 is 6.36 Å². The minimum absolute atomic E-state index is 0.0569. The number of alkyl halides is 3. The number of rotatable bonds is 7. The Kier molecular flexibility index (Phi) is 6.70. The number of benzene rings is 1. The molecule has 2 aromatic rings. The lowest BCUT2D eigenvalue weighted by atomic mass is 10.3. The quantitative estimate of drug-likeness (QED) is 0.672. The van der Waals surface area contributed by atoms with Gasteiger partial charge in [-0.2, -0.15) is 0 Å². The predicted molar refractivity (Wildman–Crippen MR) is 94.9 cm³/mol. The molecule has 1 heterocycles. The molecule has 0 aliphatic rings. The van der Waals surface area contributed by atoms with E-state index in [0.717, 1.165) is 0 Å². The van der Waals surface area contributed by atoms with E-state index in [-0.39, 0.29) is 22.9 Å². The van der Waals surface area contributed by atoms with E-state index in [9.17, 15) is 18.0 Å². The number of ether oxygens (including phenoxy) is 1. The second-order valence-electron chi connectivity index (χ2n) is 5.49. The molecule has 2 rings (SSSR count). The molecule has 0 aliphatic heterocycles. The summed E-state index contributed by atoms with van der Waals surface area (Å²) in [5.41, 5.74) is 0.540. The Morgan fingerprint density at radius 2 is 1.85 bits per heavy atom. The summed E-state index contributed by atoms with van der Waals surface area (Å²) in [4.78, 5) is 11.9. The van der Waals surface area contributed by atoms with Gasteiger partial charge in [-0.3, -0.25) is 4.79 Å². The van der Waals surface area contributed by atoms with Gasteiger partial charge in [-0.15, -0.1) is 23.4 Å². The number of halogens is 3. The number of aromatic nitrogens is 2. The molecular weight excluding hydrogens is 389 g/mol. The normalized spacial score (nSPS) is 12.7. The fraction of sp³-hybridized carbons (Fsp3) is 0.400. The first-order chi connectivity index (χ1) is 12.1. The summed E-state index contributed by atoms with van der Waals surface area (Å²) in [6, 6.07) is 5.33. The monoisotopic (exact) mass is 406 g/mol. The summed E-state index contributed by atoms with van der Waals surface area (Å²) in [6.45, 7) is 5.54. The molecule has 1 amide bonds. The SMILES string of the molecule is CC(C)NC(=O)[C@@H](C)Sc1nnc(Nc2ccc(OC(F)(F)F)cc2)s1. The average molecular weight is 406 g/mol. The van der Waals surface area contributed by atoms with Crippen molar-refractivity contribution in [1.29, 1.82) is 0 Å². The van der Waals surface area contributed by atoms with Crippen LogP contribution in [0.1, 0.15) is 20.8 Å². The van der Waals surface area contributed by atoms with Crippen molar-refractivity contribution in [2.45, 2.75) is 42.8 Å². The van der Waals surface area contributed by atoms with Crippen molar-refractivity contribution in [2.75, 3.05) is 5.32 Å². The van der Waals surface area contributed by atoms with Crippen LogP contribution in [-0.4, -0.2) is 33.8 Å². The predicted octanol–water partition coefficient (Wildman–Crippen LogP) is 4.19. The molecule has 6 nitrogen and oxygen atoms in total. The Bertz CT molecular complexity index is 735. The van der Waals surface area contributed by atoms with Crippen molar-refractivity contribution in [2.24, 2.45) is 0 Å². The average Bonchev–Trinajstić information content (AvgIpc) is 2.94. The van der Waals surface area contributed by atoms with E-state index in [0.29, 0.717) is 15.2 Å². The number of hydrogen-bond donors (Lipinski definition) is 2. The van der Waals surface area contributed by atoms with E-state index in [1.165, 1.54) is 47.4 Å². The van der Waals surface area contributed by atoms with Crippen LogP contribution < -0.4 is 15.4 Å². The van der Waals surface area contributed by atoms with Crippen molar-refractivity contribution >= 4 is 39.8 Å². The van der Waals surface area contributed by atoms with Crippen molar-refractivity contribution in [3.63, 3.8) is 0 Å². The smallest absolute Gasteiger partial charge is 0.406 e. The maximum absolute atomic E-state index is 12.1. The summed E-state index contributed by atoms with van der Waals surface area (Å²) >= 11 is 2.53. The fourth-order valence-electron chi connectivity index (χ4n) is 1.78. The van der Waals surface area contributed by atoms with E-state index >= 15 is 0 Å². The van der Waals surface area contributed by atoms with Crippen LogP contribution in [0.3, 0.4) is 0 Å². The lowest BCUT2D eigenvalue weighted by Gasteiger charge is -2.12.